The van der Waals surface area contributed by atoms with Crippen molar-refractivity contribution in [3.63, 3.8) is 0 Å². The third kappa shape index (κ3) is 4.77. The molecule has 2 saturated heterocycles. The number of hydrogen-bond acceptors (Lipinski definition) is 2. The van der Waals surface area contributed by atoms with Crippen molar-refractivity contribution in [3.8, 4) is 0 Å². The topological polar surface area (TPSA) is 23.4 Å². The van der Waals surface area contributed by atoms with E-state index in [4.69, 9.17) is 9.47 Å². The Kier molecular flexibility index (Phi) is 7.80. The fourth-order valence-corrected chi connectivity index (χ4v) is 12.5. The van der Waals surface area contributed by atoms with Crippen molar-refractivity contribution in [1.82, 2.24) is 4.57 Å². The first kappa shape index (κ1) is 31.8. The van der Waals surface area contributed by atoms with Gasteiger partial charge < -0.3 is 14.0 Å². The fraction of sp³-hybridized carbons (Fsp3) is 0.469. The lowest BCUT2D eigenvalue weighted by Gasteiger charge is -2.65. The molecule has 10 atom stereocenters. The van der Waals surface area contributed by atoms with E-state index in [1.807, 2.05) is 0 Å². The van der Waals surface area contributed by atoms with Gasteiger partial charge in [-0.05, 0) is 124 Å². The van der Waals surface area contributed by atoms with E-state index in [1.165, 1.54) is 90.4 Å². The van der Waals surface area contributed by atoms with Crippen LogP contribution in [0.5, 0.6) is 0 Å². The zero-order chi connectivity index (χ0) is 34.2. The average Bonchev–Trinajstić information content (AvgIpc) is 3.55. The van der Waals surface area contributed by atoms with Crippen LogP contribution >= 0.6 is 0 Å². The number of aromatic nitrogens is 1. The number of nitrogens with zero attached hydrogens (tertiary/aromatic N) is 1. The third-order valence-corrected chi connectivity index (χ3v) is 14.7. The summed E-state index contributed by atoms with van der Waals surface area (Å²) in [6.07, 6.45) is 50.9. The van der Waals surface area contributed by atoms with Crippen molar-refractivity contribution in [2.75, 3.05) is 0 Å². The molecular weight excluding hydrogens is 635 g/mol. The maximum atomic E-state index is 7.48. The molecule has 1 aromatic carbocycles. The van der Waals surface area contributed by atoms with Crippen molar-refractivity contribution in [3.05, 3.63) is 131 Å². The molecule has 1 spiro atoms. The standard InChI is InChI=1S/C49H53NO2/c1-3-14-32(15-4-1)33-26-28-41-47(31-33)51-45-24-11-8-20-39(45)49(41)40-21-9-12-25-46(40)52-48-36(19-13-22-42(48)49)34-27-29-44-38(30-34)37-18-7-10-23-43(37)50(44)35-16-5-2-6-17-35/h3,7-8,10-11,13-14,16,18-24,26,28,30,32-33,39,41-42,45-48H,1-2,4-6,9,12,15,17,25,27,29,31H2. The van der Waals surface area contributed by atoms with Crippen LogP contribution in [0.1, 0.15) is 88.3 Å². The maximum Gasteiger partial charge on any atom is 0.0907 e. The van der Waals surface area contributed by atoms with Gasteiger partial charge in [0.15, 0.2) is 0 Å². The summed E-state index contributed by atoms with van der Waals surface area (Å²) in [4.78, 5) is 0. The van der Waals surface area contributed by atoms with Gasteiger partial charge in [-0.1, -0.05) is 97.2 Å². The van der Waals surface area contributed by atoms with Crippen molar-refractivity contribution < 1.29 is 9.47 Å². The summed E-state index contributed by atoms with van der Waals surface area (Å²) in [5.41, 5.74) is 10.2. The summed E-state index contributed by atoms with van der Waals surface area (Å²) in [6, 6.07) is 9.15. The molecule has 7 aliphatic carbocycles. The van der Waals surface area contributed by atoms with Gasteiger partial charge in [0.1, 0.15) is 0 Å². The SMILES string of the molecule is C1=CC2OC3CC(C4C=CCCC4)C=CC3C3(C4=CCCCC4OC4C(C5=Cc6c(n(C7=CCCCC7)c7ccccc67)CC5)=CC=CC43)C2C=C1. The van der Waals surface area contributed by atoms with Gasteiger partial charge in [-0.2, -0.15) is 0 Å². The van der Waals surface area contributed by atoms with Gasteiger partial charge in [0, 0.05) is 45.5 Å². The normalized spacial score (nSPS) is 38.7. The van der Waals surface area contributed by atoms with Crippen molar-refractivity contribution in [2.24, 2.45) is 35.0 Å². The molecular formula is C49H53NO2. The largest absolute Gasteiger partial charge is 0.370 e. The van der Waals surface area contributed by atoms with E-state index in [0.29, 0.717) is 17.8 Å². The first-order valence-corrected chi connectivity index (χ1v) is 20.9. The summed E-state index contributed by atoms with van der Waals surface area (Å²) in [5.74, 6) is 2.07. The van der Waals surface area contributed by atoms with Crippen LogP contribution in [-0.4, -0.2) is 29.0 Å². The highest BCUT2D eigenvalue weighted by Gasteiger charge is 2.65. The monoisotopic (exact) mass is 687 g/mol. The first-order chi connectivity index (χ1) is 25.8. The second-order valence-corrected chi connectivity index (χ2v) is 17.2. The molecule has 11 rings (SSSR count). The molecule has 1 aromatic heterocycles. The Bertz CT molecular complexity index is 2060. The minimum Gasteiger partial charge on any atom is -0.370 e. The predicted octanol–water partition coefficient (Wildman–Crippen LogP) is 11.4. The maximum absolute atomic E-state index is 7.48. The van der Waals surface area contributed by atoms with E-state index in [1.54, 1.807) is 5.57 Å². The number of benzene rings is 1. The molecule has 0 saturated carbocycles. The molecule has 2 fully saturated rings. The quantitative estimate of drug-likeness (QED) is 0.300. The Morgan fingerprint density at radius 2 is 1.62 bits per heavy atom. The second-order valence-electron chi connectivity index (χ2n) is 17.2. The van der Waals surface area contributed by atoms with E-state index in [0.717, 1.165) is 32.1 Å². The third-order valence-electron chi connectivity index (χ3n) is 14.7. The summed E-state index contributed by atoms with van der Waals surface area (Å²) in [6.45, 7) is 0. The van der Waals surface area contributed by atoms with Crippen molar-refractivity contribution in [2.45, 2.75) is 108 Å². The molecule has 9 aliphatic rings. The van der Waals surface area contributed by atoms with Gasteiger partial charge in [-0.25, -0.2) is 0 Å². The van der Waals surface area contributed by atoms with E-state index in [2.05, 4.69) is 114 Å². The van der Waals surface area contributed by atoms with E-state index in [-0.39, 0.29) is 41.7 Å². The molecule has 2 aliphatic heterocycles. The molecule has 0 bridgehead atoms. The van der Waals surface area contributed by atoms with Gasteiger partial charge in [-0.15, -0.1) is 0 Å². The zero-order valence-corrected chi connectivity index (χ0v) is 30.5. The summed E-state index contributed by atoms with van der Waals surface area (Å²) in [7, 11) is 0. The highest BCUT2D eigenvalue weighted by atomic mass is 16.5. The van der Waals surface area contributed by atoms with Crippen LogP contribution in [0.15, 0.2) is 120 Å². The molecule has 266 valence electrons. The second kappa shape index (κ2) is 12.7. The van der Waals surface area contributed by atoms with Crippen LogP contribution in [0.3, 0.4) is 0 Å². The molecule has 3 heteroatoms. The minimum atomic E-state index is -0.0768. The van der Waals surface area contributed by atoms with E-state index in [9.17, 15) is 0 Å². The van der Waals surface area contributed by atoms with Crippen LogP contribution < -0.4 is 0 Å². The van der Waals surface area contributed by atoms with Gasteiger partial charge in [0.05, 0.1) is 29.9 Å². The number of ether oxygens (including phenoxy) is 2. The highest BCUT2D eigenvalue weighted by Crippen LogP contribution is 2.66. The zero-order valence-electron chi connectivity index (χ0n) is 30.5. The molecule has 3 heterocycles. The van der Waals surface area contributed by atoms with E-state index >= 15 is 0 Å². The average molecular weight is 688 g/mol. The minimum absolute atomic E-state index is 0.0403. The highest BCUT2D eigenvalue weighted by molar-refractivity contribution is 5.95. The number of para-hydroxylation sites is 1. The van der Waals surface area contributed by atoms with E-state index < -0.39 is 0 Å². The number of rotatable bonds is 3. The van der Waals surface area contributed by atoms with Gasteiger partial charge in [-0.3, -0.25) is 0 Å². The Morgan fingerprint density at radius 1 is 0.712 bits per heavy atom. The number of fused-ring (bicyclic) bond motifs is 11. The van der Waals surface area contributed by atoms with Crippen molar-refractivity contribution >= 4 is 22.7 Å². The molecule has 0 amide bonds. The Morgan fingerprint density at radius 3 is 2.54 bits per heavy atom. The summed E-state index contributed by atoms with van der Waals surface area (Å²) in [5, 5.41) is 1.40. The van der Waals surface area contributed by atoms with Crippen LogP contribution in [-0.2, 0) is 15.9 Å². The molecule has 52 heavy (non-hydrogen) atoms. The smallest absolute Gasteiger partial charge is 0.0907 e. The van der Waals surface area contributed by atoms with Crippen LogP contribution in [0.25, 0.3) is 22.7 Å². The lowest BCUT2D eigenvalue weighted by atomic mass is 9.46. The lowest BCUT2D eigenvalue weighted by Crippen LogP contribution is -2.65. The molecule has 0 radical (unpaired) electrons. The molecule has 0 N–H and O–H groups in total. The summed E-state index contributed by atoms with van der Waals surface area (Å²) < 4.78 is 17.4. The molecule has 3 nitrogen and oxygen atoms in total. The first-order valence-electron chi connectivity index (χ1n) is 20.9. The van der Waals surface area contributed by atoms with Crippen LogP contribution in [0.2, 0.25) is 0 Å². The summed E-state index contributed by atoms with van der Waals surface area (Å²) >= 11 is 0. The number of allylic oxidation sites excluding steroid dienone is 10. The van der Waals surface area contributed by atoms with Gasteiger partial charge in [0.25, 0.3) is 0 Å². The molecule has 2 aromatic rings. The van der Waals surface area contributed by atoms with Gasteiger partial charge >= 0.3 is 0 Å². The van der Waals surface area contributed by atoms with Crippen LogP contribution in [0, 0.1) is 35.0 Å². The Balaban J connectivity index is 1.03. The predicted molar refractivity (Wildman–Crippen MR) is 212 cm³/mol. The Hall–Kier alpha value is -3.66. The van der Waals surface area contributed by atoms with Gasteiger partial charge in [0.2, 0.25) is 0 Å². The lowest BCUT2D eigenvalue weighted by molar-refractivity contribution is -0.195. The number of hydrogen-bond donors (Lipinski definition) is 0. The Labute approximate surface area is 309 Å². The van der Waals surface area contributed by atoms with Crippen LogP contribution in [0.4, 0.5) is 0 Å². The van der Waals surface area contributed by atoms with Crippen molar-refractivity contribution in [1.29, 1.82) is 0 Å². The fourth-order valence-electron chi connectivity index (χ4n) is 12.5. The molecule has 10 unspecified atom stereocenters.